The zero-order valence-corrected chi connectivity index (χ0v) is 5.99. The topological polar surface area (TPSA) is 0 Å². The Balaban J connectivity index is 2.55. The van der Waals surface area contributed by atoms with Crippen LogP contribution >= 0.6 is 0 Å². The van der Waals surface area contributed by atoms with Crippen molar-refractivity contribution < 1.29 is 0 Å². The van der Waals surface area contributed by atoms with Gasteiger partial charge in [-0.3, -0.25) is 0 Å². The summed E-state index contributed by atoms with van der Waals surface area (Å²) in [4.78, 5) is 0. The van der Waals surface area contributed by atoms with E-state index in [-0.39, 0.29) is 0 Å². The van der Waals surface area contributed by atoms with Crippen LogP contribution in [0.3, 0.4) is 0 Å². The molecule has 0 aromatic heterocycles. The smallest absolute Gasteiger partial charge is 0.0268 e. The Bertz CT molecular complexity index is 118. The third-order valence-electron chi connectivity index (χ3n) is 1.76. The molecule has 0 spiro atoms. The molecule has 0 nitrogen and oxygen atoms in total. The van der Waals surface area contributed by atoms with Crippen molar-refractivity contribution in [3.05, 3.63) is 11.6 Å². The Morgan fingerprint density at radius 1 is 1.50 bits per heavy atom. The molecule has 8 heavy (non-hydrogen) atoms. The van der Waals surface area contributed by atoms with Gasteiger partial charge in [0.05, 0.1) is 0 Å². The van der Waals surface area contributed by atoms with E-state index in [0.717, 1.165) is 0 Å². The lowest BCUT2D eigenvalue weighted by atomic mass is 9.90. The van der Waals surface area contributed by atoms with Crippen molar-refractivity contribution in [2.75, 3.05) is 0 Å². The molecule has 0 heterocycles. The van der Waals surface area contributed by atoms with E-state index in [1.807, 2.05) is 0 Å². The Hall–Kier alpha value is -0.260. The van der Waals surface area contributed by atoms with E-state index < -0.39 is 0 Å². The summed E-state index contributed by atoms with van der Waals surface area (Å²) in [6.45, 7) is 6.86. The van der Waals surface area contributed by atoms with Gasteiger partial charge in [0.1, 0.15) is 0 Å². The summed E-state index contributed by atoms with van der Waals surface area (Å²) in [5, 5.41) is 0. The van der Waals surface area contributed by atoms with Crippen LogP contribution in [-0.2, 0) is 0 Å². The van der Waals surface area contributed by atoms with E-state index in [1.165, 1.54) is 12.8 Å². The first-order valence-corrected chi connectivity index (χ1v) is 3.26. The molecule has 0 amide bonds. The standard InChI is InChI=1S/C8H14/c1-7-4-5-8(2,3)6-7/h4H,5-6H2,1-3H3. The molecule has 0 heteroatoms. The zero-order chi connectivity index (χ0) is 6.20. The van der Waals surface area contributed by atoms with Gasteiger partial charge >= 0.3 is 0 Å². The lowest BCUT2D eigenvalue weighted by molar-refractivity contribution is 0.394. The van der Waals surface area contributed by atoms with E-state index in [4.69, 9.17) is 0 Å². The quantitative estimate of drug-likeness (QED) is 0.420. The number of rotatable bonds is 0. The maximum atomic E-state index is 2.35. The molecule has 0 N–H and O–H groups in total. The highest BCUT2D eigenvalue weighted by Crippen LogP contribution is 2.35. The van der Waals surface area contributed by atoms with Gasteiger partial charge in [0.25, 0.3) is 0 Å². The average molecular weight is 110 g/mol. The molecule has 0 aliphatic heterocycles. The van der Waals surface area contributed by atoms with Crippen LogP contribution in [0, 0.1) is 5.41 Å². The van der Waals surface area contributed by atoms with Crippen molar-refractivity contribution in [3.63, 3.8) is 0 Å². The summed E-state index contributed by atoms with van der Waals surface area (Å²) < 4.78 is 0. The highest BCUT2D eigenvalue weighted by molar-refractivity contribution is 5.09. The Labute approximate surface area is 51.6 Å². The van der Waals surface area contributed by atoms with Gasteiger partial charge in [-0.25, -0.2) is 0 Å². The molecule has 0 saturated carbocycles. The molecule has 0 bridgehead atoms. The Morgan fingerprint density at radius 2 is 2.12 bits per heavy atom. The van der Waals surface area contributed by atoms with Crippen LogP contribution in [0.1, 0.15) is 33.6 Å². The van der Waals surface area contributed by atoms with Crippen LogP contribution in [-0.4, -0.2) is 0 Å². The molecular weight excluding hydrogens is 96.1 g/mol. The largest absolute Gasteiger partial charge is 0.0850 e. The van der Waals surface area contributed by atoms with Crippen molar-refractivity contribution in [1.82, 2.24) is 0 Å². The molecule has 46 valence electrons. The second kappa shape index (κ2) is 1.61. The van der Waals surface area contributed by atoms with E-state index >= 15 is 0 Å². The molecule has 0 atom stereocenters. The summed E-state index contributed by atoms with van der Waals surface area (Å²) in [6.07, 6.45) is 4.92. The summed E-state index contributed by atoms with van der Waals surface area (Å²) in [6, 6.07) is 0. The number of hydrogen-bond acceptors (Lipinski definition) is 0. The minimum atomic E-state index is 0.573. The maximum absolute atomic E-state index is 2.35. The highest BCUT2D eigenvalue weighted by atomic mass is 14.3. The average Bonchev–Trinajstić information content (AvgIpc) is 1.82. The van der Waals surface area contributed by atoms with Gasteiger partial charge < -0.3 is 0 Å². The van der Waals surface area contributed by atoms with Crippen molar-refractivity contribution in [1.29, 1.82) is 0 Å². The molecule has 0 unspecified atom stereocenters. The predicted octanol–water partition coefficient (Wildman–Crippen LogP) is 2.75. The minimum Gasteiger partial charge on any atom is -0.0850 e. The van der Waals surface area contributed by atoms with Gasteiger partial charge in [-0.1, -0.05) is 25.5 Å². The van der Waals surface area contributed by atoms with Gasteiger partial charge in [0.2, 0.25) is 0 Å². The Morgan fingerprint density at radius 3 is 2.25 bits per heavy atom. The van der Waals surface area contributed by atoms with E-state index in [0.29, 0.717) is 5.41 Å². The molecule has 0 fully saturated rings. The van der Waals surface area contributed by atoms with Crippen LogP contribution in [0.5, 0.6) is 0 Å². The summed E-state index contributed by atoms with van der Waals surface area (Å²) in [7, 11) is 0. The number of allylic oxidation sites excluding steroid dienone is 2. The molecule has 1 rings (SSSR count). The third-order valence-corrected chi connectivity index (χ3v) is 1.76. The molecule has 0 radical (unpaired) electrons. The second-order valence-electron chi connectivity index (χ2n) is 3.60. The van der Waals surface area contributed by atoms with Crippen LogP contribution in [0.15, 0.2) is 11.6 Å². The molecule has 0 saturated heterocycles. The summed E-state index contributed by atoms with van der Waals surface area (Å²) >= 11 is 0. The lowest BCUT2D eigenvalue weighted by Gasteiger charge is -2.15. The highest BCUT2D eigenvalue weighted by Gasteiger charge is 2.21. The van der Waals surface area contributed by atoms with Crippen molar-refractivity contribution in [2.45, 2.75) is 33.6 Å². The monoisotopic (exact) mass is 110 g/mol. The van der Waals surface area contributed by atoms with Gasteiger partial charge in [-0.2, -0.15) is 0 Å². The van der Waals surface area contributed by atoms with Crippen molar-refractivity contribution >= 4 is 0 Å². The summed E-state index contributed by atoms with van der Waals surface area (Å²) in [5.74, 6) is 0. The fourth-order valence-electron chi connectivity index (χ4n) is 1.35. The van der Waals surface area contributed by atoms with Crippen LogP contribution < -0.4 is 0 Å². The molecule has 0 aromatic rings. The molecule has 0 aromatic carbocycles. The predicted molar refractivity (Wildman–Crippen MR) is 36.8 cm³/mol. The SMILES string of the molecule is CC1=CCC(C)(C)C1. The normalized spacial score (nSPS) is 25.6. The molecule has 1 aliphatic rings. The van der Waals surface area contributed by atoms with Gasteiger partial charge in [-0.15, -0.1) is 0 Å². The minimum absolute atomic E-state index is 0.573. The van der Waals surface area contributed by atoms with Gasteiger partial charge in [-0.05, 0) is 25.2 Å². The first kappa shape index (κ1) is 5.87. The fraction of sp³-hybridized carbons (Fsp3) is 0.750. The van der Waals surface area contributed by atoms with Crippen LogP contribution in [0.4, 0.5) is 0 Å². The first-order valence-electron chi connectivity index (χ1n) is 3.26. The zero-order valence-electron chi connectivity index (χ0n) is 5.99. The molecule has 1 aliphatic carbocycles. The van der Waals surface area contributed by atoms with Crippen molar-refractivity contribution in [3.8, 4) is 0 Å². The third kappa shape index (κ3) is 1.12. The maximum Gasteiger partial charge on any atom is -0.0268 e. The van der Waals surface area contributed by atoms with E-state index in [9.17, 15) is 0 Å². The van der Waals surface area contributed by atoms with Crippen LogP contribution in [0.2, 0.25) is 0 Å². The summed E-state index contributed by atoms with van der Waals surface area (Å²) in [5.41, 5.74) is 2.14. The lowest BCUT2D eigenvalue weighted by Crippen LogP contribution is -2.03. The van der Waals surface area contributed by atoms with Crippen LogP contribution in [0.25, 0.3) is 0 Å². The van der Waals surface area contributed by atoms with Gasteiger partial charge in [0, 0.05) is 0 Å². The van der Waals surface area contributed by atoms with E-state index in [1.54, 1.807) is 5.57 Å². The first-order chi connectivity index (χ1) is 3.60. The van der Waals surface area contributed by atoms with Crippen molar-refractivity contribution in [2.24, 2.45) is 5.41 Å². The van der Waals surface area contributed by atoms with E-state index in [2.05, 4.69) is 26.8 Å². The molecular formula is C8H14. The van der Waals surface area contributed by atoms with Gasteiger partial charge in [0.15, 0.2) is 0 Å². The second-order valence-corrected chi connectivity index (χ2v) is 3.60. The Kier molecular flexibility index (Phi) is 1.18. The fourth-order valence-corrected chi connectivity index (χ4v) is 1.35. The number of hydrogen-bond donors (Lipinski definition) is 0.